The average molecular weight is 390 g/mol. The molecule has 4 rings (SSSR count). The molecule has 0 bridgehead atoms. The number of fused-ring (bicyclic) bond motifs is 1. The number of rotatable bonds is 5. The van der Waals surface area contributed by atoms with Gasteiger partial charge in [-0.25, -0.2) is 4.21 Å². The van der Waals surface area contributed by atoms with Crippen molar-refractivity contribution >= 4 is 39.2 Å². The van der Waals surface area contributed by atoms with Crippen molar-refractivity contribution in [3.8, 4) is 0 Å². The van der Waals surface area contributed by atoms with E-state index >= 15 is 0 Å². The van der Waals surface area contributed by atoms with Crippen LogP contribution in [0.4, 0.5) is 11.4 Å². The zero-order chi connectivity index (χ0) is 19.5. The van der Waals surface area contributed by atoms with E-state index in [9.17, 15) is 9.00 Å². The first-order valence-electron chi connectivity index (χ1n) is 8.72. The van der Waals surface area contributed by atoms with Gasteiger partial charge in [-0.05, 0) is 42.5 Å². The second-order valence-electron chi connectivity index (χ2n) is 6.24. The van der Waals surface area contributed by atoms with E-state index in [2.05, 4.69) is 4.72 Å². The first-order chi connectivity index (χ1) is 13.6. The molecule has 1 unspecified atom stereocenters. The number of para-hydroxylation sites is 1. The van der Waals surface area contributed by atoms with Gasteiger partial charge in [-0.1, -0.05) is 36.4 Å². The van der Waals surface area contributed by atoms with Gasteiger partial charge < -0.3 is 9.32 Å². The van der Waals surface area contributed by atoms with E-state index < -0.39 is 16.9 Å². The quantitative estimate of drug-likeness (QED) is 0.539. The van der Waals surface area contributed by atoms with E-state index in [1.165, 1.54) is 0 Å². The molecule has 0 aliphatic carbocycles. The Morgan fingerprint density at radius 1 is 0.893 bits per heavy atom. The van der Waals surface area contributed by atoms with Crippen molar-refractivity contribution in [2.45, 2.75) is 4.90 Å². The van der Waals surface area contributed by atoms with E-state index in [1.54, 1.807) is 30.3 Å². The lowest BCUT2D eigenvalue weighted by atomic mass is 10.2. The summed E-state index contributed by atoms with van der Waals surface area (Å²) >= 11 is 0. The number of hydrogen-bond acceptors (Lipinski definition) is 4. The third-order valence-corrected chi connectivity index (χ3v) is 5.47. The zero-order valence-corrected chi connectivity index (χ0v) is 16.0. The number of amides is 1. The first-order valence-corrected chi connectivity index (χ1v) is 9.87. The van der Waals surface area contributed by atoms with Crippen LogP contribution in [0.2, 0.25) is 0 Å². The van der Waals surface area contributed by atoms with Crippen LogP contribution in [0.25, 0.3) is 11.0 Å². The summed E-state index contributed by atoms with van der Waals surface area (Å²) in [6.07, 6.45) is 0. The maximum absolute atomic E-state index is 12.4. The van der Waals surface area contributed by atoms with Gasteiger partial charge in [0, 0.05) is 29.9 Å². The second-order valence-corrected chi connectivity index (χ2v) is 7.45. The van der Waals surface area contributed by atoms with Crippen molar-refractivity contribution in [2.75, 3.05) is 11.9 Å². The van der Waals surface area contributed by atoms with Crippen molar-refractivity contribution in [1.29, 1.82) is 0 Å². The number of hydrogen-bond donors (Lipinski definition) is 1. The number of anilines is 2. The van der Waals surface area contributed by atoms with Crippen molar-refractivity contribution in [3.63, 3.8) is 0 Å². The average Bonchev–Trinajstić information content (AvgIpc) is 3.18. The van der Waals surface area contributed by atoms with Gasteiger partial charge in [0.2, 0.25) is 0 Å². The molecule has 0 fully saturated rings. The third kappa shape index (κ3) is 3.68. The predicted octanol–water partition coefficient (Wildman–Crippen LogP) is 4.65. The van der Waals surface area contributed by atoms with Crippen LogP contribution in [0.5, 0.6) is 0 Å². The number of nitrogens with one attached hydrogen (secondary N) is 1. The minimum atomic E-state index is -1.64. The summed E-state index contributed by atoms with van der Waals surface area (Å²) in [5, 5.41) is 0.806. The van der Waals surface area contributed by atoms with Gasteiger partial charge in [0.1, 0.15) is 5.58 Å². The molecule has 28 heavy (non-hydrogen) atoms. The van der Waals surface area contributed by atoms with E-state index in [4.69, 9.17) is 4.42 Å². The summed E-state index contributed by atoms with van der Waals surface area (Å²) < 4.78 is 20.5. The molecule has 6 heteroatoms. The second kappa shape index (κ2) is 7.70. The van der Waals surface area contributed by atoms with Crippen LogP contribution in [0.15, 0.2) is 94.2 Å². The largest absolute Gasteiger partial charge is 0.451 e. The number of benzene rings is 3. The molecular weight excluding hydrogens is 372 g/mol. The van der Waals surface area contributed by atoms with Crippen LogP contribution in [-0.4, -0.2) is 17.2 Å². The van der Waals surface area contributed by atoms with Crippen LogP contribution in [0.1, 0.15) is 10.6 Å². The summed E-state index contributed by atoms with van der Waals surface area (Å²) in [5.41, 5.74) is 2.58. The monoisotopic (exact) mass is 390 g/mol. The molecule has 0 aliphatic rings. The van der Waals surface area contributed by atoms with Crippen molar-refractivity contribution in [1.82, 2.24) is 4.72 Å². The molecule has 1 aromatic heterocycles. The van der Waals surface area contributed by atoms with Crippen molar-refractivity contribution < 1.29 is 13.4 Å². The maximum Gasteiger partial charge on any atom is 0.298 e. The minimum Gasteiger partial charge on any atom is -0.451 e. The fraction of sp³-hybridized carbons (Fsp3) is 0.0455. The summed E-state index contributed by atoms with van der Waals surface area (Å²) in [6.45, 7) is 0. The van der Waals surface area contributed by atoms with Crippen LogP contribution < -0.4 is 9.62 Å². The Kier molecular flexibility index (Phi) is 4.95. The summed E-state index contributed by atoms with van der Waals surface area (Å²) in [5.74, 6) is -0.393. The van der Waals surface area contributed by atoms with Gasteiger partial charge in [0.15, 0.2) is 16.7 Å². The van der Waals surface area contributed by atoms with Crippen LogP contribution >= 0.6 is 0 Å². The fourth-order valence-corrected chi connectivity index (χ4v) is 3.67. The van der Waals surface area contributed by atoms with Gasteiger partial charge in [-0.15, -0.1) is 0 Å². The summed E-state index contributed by atoms with van der Waals surface area (Å²) in [4.78, 5) is 15.0. The van der Waals surface area contributed by atoms with Crippen LogP contribution in [0, 0.1) is 0 Å². The van der Waals surface area contributed by atoms with Gasteiger partial charge >= 0.3 is 0 Å². The highest BCUT2D eigenvalue weighted by molar-refractivity contribution is 7.83. The van der Waals surface area contributed by atoms with Crippen molar-refractivity contribution in [3.05, 3.63) is 90.7 Å². The fourth-order valence-electron chi connectivity index (χ4n) is 2.88. The molecule has 5 nitrogen and oxygen atoms in total. The molecule has 0 radical (unpaired) electrons. The lowest BCUT2D eigenvalue weighted by Gasteiger charge is -2.19. The van der Waals surface area contributed by atoms with Gasteiger partial charge in [-0.3, -0.25) is 9.52 Å². The molecule has 140 valence electrons. The van der Waals surface area contributed by atoms with E-state index in [-0.39, 0.29) is 5.76 Å². The molecule has 1 atom stereocenters. The van der Waals surface area contributed by atoms with Gasteiger partial charge in [-0.2, -0.15) is 0 Å². The van der Waals surface area contributed by atoms with Gasteiger partial charge in [0.25, 0.3) is 5.91 Å². The maximum atomic E-state index is 12.4. The molecule has 1 amide bonds. The number of carbonyl (C=O) groups is 1. The molecule has 0 saturated carbocycles. The highest BCUT2D eigenvalue weighted by atomic mass is 32.2. The van der Waals surface area contributed by atoms with Gasteiger partial charge in [0.05, 0.1) is 4.90 Å². The lowest BCUT2D eigenvalue weighted by molar-refractivity contribution is 0.0958. The molecule has 4 aromatic rings. The molecule has 1 N–H and O–H groups in total. The van der Waals surface area contributed by atoms with E-state index in [0.717, 1.165) is 16.8 Å². The molecular formula is C22H18N2O3S. The Morgan fingerprint density at radius 3 is 2.29 bits per heavy atom. The molecule has 0 saturated heterocycles. The Hall–Kier alpha value is -3.38. The number of furan rings is 1. The standard InChI is InChI=1S/C22H18N2O3S/c1-24(17-8-4-2-5-9-17)18-13-12-16-14-21(27-20(16)15-18)22(25)23-28(26)19-10-6-3-7-11-19/h2-15H,1H3,(H,23,25). The molecule has 0 spiro atoms. The Labute approximate surface area is 165 Å². The SMILES string of the molecule is CN(c1ccccc1)c1ccc2cc(C(=O)NS(=O)c3ccccc3)oc2c1. The first kappa shape index (κ1) is 18.0. The molecule has 0 aliphatic heterocycles. The highest BCUT2D eigenvalue weighted by Gasteiger charge is 2.16. The zero-order valence-electron chi connectivity index (χ0n) is 15.2. The number of carbonyl (C=O) groups excluding carboxylic acids is 1. The van der Waals surface area contributed by atoms with E-state index in [1.807, 2.05) is 66.5 Å². The summed E-state index contributed by atoms with van der Waals surface area (Å²) in [6, 6.07) is 26.1. The molecule has 1 heterocycles. The Morgan fingerprint density at radius 2 is 1.57 bits per heavy atom. The topological polar surface area (TPSA) is 62.6 Å². The number of nitrogens with zero attached hydrogens (tertiary/aromatic N) is 1. The minimum absolute atomic E-state index is 0.124. The van der Waals surface area contributed by atoms with Crippen molar-refractivity contribution in [2.24, 2.45) is 0 Å². The van der Waals surface area contributed by atoms with Crippen LogP contribution in [-0.2, 0) is 11.0 Å². The normalized spacial score (nSPS) is 11.9. The predicted molar refractivity (Wildman–Crippen MR) is 111 cm³/mol. The highest BCUT2D eigenvalue weighted by Crippen LogP contribution is 2.28. The Balaban J connectivity index is 1.56. The lowest BCUT2D eigenvalue weighted by Crippen LogP contribution is -2.25. The third-order valence-electron chi connectivity index (χ3n) is 4.40. The van der Waals surface area contributed by atoms with Crippen LogP contribution in [0.3, 0.4) is 0 Å². The summed E-state index contributed by atoms with van der Waals surface area (Å²) in [7, 11) is 0.328. The molecule has 3 aromatic carbocycles. The Bertz CT molecular complexity index is 1140. The smallest absolute Gasteiger partial charge is 0.298 e. The van der Waals surface area contributed by atoms with E-state index in [0.29, 0.717) is 10.5 Å².